The Morgan fingerprint density at radius 1 is 1.62 bits per heavy atom. The standard InChI is InChI=1S/C7H8N2O4/c1-9-4(10)2-3(6(9)11)5(8)7(12)13/h2,5H,8H2,1H3,(H,12,13). The summed E-state index contributed by atoms with van der Waals surface area (Å²) in [6, 6.07) is -1.43. The molecule has 0 saturated heterocycles. The summed E-state index contributed by atoms with van der Waals surface area (Å²) in [5, 5.41) is 8.48. The SMILES string of the molecule is CN1C(=O)C=C(C(N)C(=O)O)C1=O. The fourth-order valence-electron chi connectivity index (χ4n) is 0.941. The van der Waals surface area contributed by atoms with Crippen LogP contribution in [0.2, 0.25) is 0 Å². The van der Waals surface area contributed by atoms with Crippen LogP contribution in [-0.4, -0.2) is 40.9 Å². The quantitative estimate of drug-likeness (QED) is 0.499. The molecular weight excluding hydrogens is 176 g/mol. The Kier molecular flexibility index (Phi) is 2.16. The zero-order valence-electron chi connectivity index (χ0n) is 6.85. The molecule has 0 spiro atoms. The average molecular weight is 184 g/mol. The van der Waals surface area contributed by atoms with E-state index in [1.165, 1.54) is 7.05 Å². The van der Waals surface area contributed by atoms with E-state index < -0.39 is 23.8 Å². The second kappa shape index (κ2) is 2.98. The molecule has 0 saturated carbocycles. The number of rotatable bonds is 2. The van der Waals surface area contributed by atoms with Gasteiger partial charge in [0.05, 0.1) is 5.57 Å². The first-order valence-electron chi connectivity index (χ1n) is 3.47. The summed E-state index contributed by atoms with van der Waals surface area (Å²) in [6.07, 6.45) is 0.946. The van der Waals surface area contributed by atoms with E-state index in [2.05, 4.69) is 0 Å². The maximum atomic E-state index is 11.2. The molecule has 0 bridgehead atoms. The van der Waals surface area contributed by atoms with Crippen molar-refractivity contribution in [2.45, 2.75) is 6.04 Å². The molecule has 0 radical (unpaired) electrons. The highest BCUT2D eigenvalue weighted by Crippen LogP contribution is 2.13. The van der Waals surface area contributed by atoms with Crippen molar-refractivity contribution in [3.63, 3.8) is 0 Å². The van der Waals surface area contributed by atoms with Gasteiger partial charge in [-0.1, -0.05) is 0 Å². The molecule has 13 heavy (non-hydrogen) atoms. The maximum Gasteiger partial charge on any atom is 0.325 e. The van der Waals surface area contributed by atoms with Crippen molar-refractivity contribution in [3.05, 3.63) is 11.6 Å². The van der Waals surface area contributed by atoms with Crippen LogP contribution < -0.4 is 5.73 Å². The van der Waals surface area contributed by atoms with Gasteiger partial charge in [-0.05, 0) is 0 Å². The number of amides is 2. The highest BCUT2D eigenvalue weighted by atomic mass is 16.4. The molecule has 1 aliphatic rings. The Morgan fingerprint density at radius 2 is 2.15 bits per heavy atom. The van der Waals surface area contributed by atoms with Gasteiger partial charge in [-0.15, -0.1) is 0 Å². The molecule has 0 aliphatic carbocycles. The maximum absolute atomic E-state index is 11.2. The number of carbonyl (C=O) groups excluding carboxylic acids is 2. The molecule has 0 aromatic rings. The molecule has 1 atom stereocenters. The molecular formula is C7H8N2O4. The molecule has 0 fully saturated rings. The summed E-state index contributed by atoms with van der Waals surface area (Å²) in [6.45, 7) is 0. The van der Waals surface area contributed by atoms with Crippen molar-refractivity contribution in [2.75, 3.05) is 7.05 Å². The lowest BCUT2D eigenvalue weighted by molar-refractivity contribution is -0.140. The summed E-state index contributed by atoms with van der Waals surface area (Å²) in [4.78, 5) is 33.3. The Morgan fingerprint density at radius 3 is 2.46 bits per heavy atom. The number of aliphatic carboxylic acids is 1. The summed E-state index contributed by atoms with van der Waals surface area (Å²) in [5.74, 6) is -2.53. The molecule has 0 aromatic heterocycles. The van der Waals surface area contributed by atoms with E-state index in [4.69, 9.17) is 10.8 Å². The second-order valence-electron chi connectivity index (χ2n) is 2.62. The number of carbonyl (C=O) groups is 3. The monoisotopic (exact) mass is 184 g/mol. The van der Waals surface area contributed by atoms with Crippen LogP contribution >= 0.6 is 0 Å². The fourth-order valence-corrected chi connectivity index (χ4v) is 0.941. The van der Waals surface area contributed by atoms with Gasteiger partial charge in [-0.3, -0.25) is 19.3 Å². The lowest BCUT2D eigenvalue weighted by Crippen LogP contribution is -2.37. The topological polar surface area (TPSA) is 101 Å². The first-order chi connectivity index (χ1) is 5.95. The van der Waals surface area contributed by atoms with Crippen molar-refractivity contribution in [2.24, 2.45) is 5.73 Å². The van der Waals surface area contributed by atoms with E-state index >= 15 is 0 Å². The summed E-state index contributed by atoms with van der Waals surface area (Å²) < 4.78 is 0. The van der Waals surface area contributed by atoms with E-state index in [0.717, 1.165) is 11.0 Å². The highest BCUT2D eigenvalue weighted by molar-refractivity contribution is 6.18. The van der Waals surface area contributed by atoms with E-state index in [-0.39, 0.29) is 5.57 Å². The van der Waals surface area contributed by atoms with Crippen molar-refractivity contribution >= 4 is 17.8 Å². The summed E-state index contributed by atoms with van der Waals surface area (Å²) in [5.41, 5.74) is 4.99. The Balaban J connectivity index is 2.95. The zero-order valence-corrected chi connectivity index (χ0v) is 6.85. The number of nitrogens with two attached hydrogens (primary N) is 1. The van der Waals surface area contributed by atoms with Crippen LogP contribution in [0.25, 0.3) is 0 Å². The molecule has 6 nitrogen and oxygen atoms in total. The molecule has 1 heterocycles. The normalized spacial score (nSPS) is 18.9. The number of carboxylic acids is 1. The fraction of sp³-hybridized carbons (Fsp3) is 0.286. The van der Waals surface area contributed by atoms with Gasteiger partial charge in [-0.2, -0.15) is 0 Å². The van der Waals surface area contributed by atoms with Crippen LogP contribution in [0.1, 0.15) is 0 Å². The van der Waals surface area contributed by atoms with Crippen molar-refractivity contribution < 1.29 is 19.5 Å². The van der Waals surface area contributed by atoms with Crippen molar-refractivity contribution in [1.29, 1.82) is 0 Å². The summed E-state index contributed by atoms with van der Waals surface area (Å²) >= 11 is 0. The number of hydrogen-bond donors (Lipinski definition) is 2. The van der Waals surface area contributed by atoms with Crippen molar-refractivity contribution in [3.8, 4) is 0 Å². The van der Waals surface area contributed by atoms with Crippen LogP contribution in [0.3, 0.4) is 0 Å². The smallest absolute Gasteiger partial charge is 0.325 e. The molecule has 70 valence electrons. The van der Waals surface area contributed by atoms with Gasteiger partial charge in [0, 0.05) is 13.1 Å². The molecule has 1 unspecified atom stereocenters. The van der Waals surface area contributed by atoms with Crippen LogP contribution in [0.4, 0.5) is 0 Å². The Bertz CT molecular complexity index is 320. The van der Waals surface area contributed by atoms with Gasteiger partial charge in [0.1, 0.15) is 6.04 Å². The van der Waals surface area contributed by atoms with Gasteiger partial charge in [0.25, 0.3) is 11.8 Å². The van der Waals surface area contributed by atoms with Gasteiger partial charge in [-0.25, -0.2) is 0 Å². The minimum Gasteiger partial charge on any atom is -0.480 e. The number of carboxylic acid groups (broad SMARTS) is 1. The number of hydrogen-bond acceptors (Lipinski definition) is 4. The van der Waals surface area contributed by atoms with Crippen LogP contribution in [-0.2, 0) is 14.4 Å². The minimum absolute atomic E-state index is 0.181. The van der Waals surface area contributed by atoms with E-state index in [9.17, 15) is 14.4 Å². The Labute approximate surface area is 73.6 Å². The van der Waals surface area contributed by atoms with Crippen LogP contribution in [0.15, 0.2) is 11.6 Å². The van der Waals surface area contributed by atoms with Gasteiger partial charge < -0.3 is 10.8 Å². The first-order valence-corrected chi connectivity index (χ1v) is 3.47. The predicted molar refractivity (Wildman–Crippen MR) is 41.5 cm³/mol. The van der Waals surface area contributed by atoms with Crippen LogP contribution in [0.5, 0.6) is 0 Å². The minimum atomic E-state index is -1.43. The molecule has 3 N–H and O–H groups in total. The van der Waals surface area contributed by atoms with E-state index in [1.54, 1.807) is 0 Å². The third kappa shape index (κ3) is 1.43. The third-order valence-corrected chi connectivity index (χ3v) is 1.76. The molecule has 1 aliphatic heterocycles. The highest BCUT2D eigenvalue weighted by Gasteiger charge is 2.34. The predicted octanol–water partition coefficient (Wildman–Crippen LogP) is -1.68. The average Bonchev–Trinajstić information content (AvgIpc) is 2.31. The zero-order chi connectivity index (χ0) is 10.2. The Hall–Kier alpha value is -1.69. The van der Waals surface area contributed by atoms with Crippen LogP contribution in [0, 0.1) is 0 Å². The third-order valence-electron chi connectivity index (χ3n) is 1.76. The van der Waals surface area contributed by atoms with Crippen molar-refractivity contribution in [1.82, 2.24) is 4.90 Å². The van der Waals surface area contributed by atoms with Gasteiger partial charge in [0.15, 0.2) is 0 Å². The number of likely N-dealkylation sites (N-methyl/N-ethyl adjacent to an activating group) is 1. The molecule has 0 aromatic carbocycles. The second-order valence-corrected chi connectivity index (χ2v) is 2.62. The molecule has 6 heteroatoms. The molecule has 2 amide bonds. The first kappa shape index (κ1) is 9.40. The largest absolute Gasteiger partial charge is 0.480 e. The number of nitrogens with zero attached hydrogens (tertiary/aromatic N) is 1. The molecule has 1 rings (SSSR count). The number of imide groups is 1. The van der Waals surface area contributed by atoms with E-state index in [1.807, 2.05) is 0 Å². The summed E-state index contributed by atoms with van der Waals surface area (Å²) in [7, 11) is 1.27. The van der Waals surface area contributed by atoms with E-state index in [0.29, 0.717) is 0 Å². The lowest BCUT2D eigenvalue weighted by Gasteiger charge is -2.08. The van der Waals surface area contributed by atoms with Gasteiger partial charge >= 0.3 is 5.97 Å². The lowest BCUT2D eigenvalue weighted by atomic mass is 10.1. The van der Waals surface area contributed by atoms with Gasteiger partial charge in [0.2, 0.25) is 0 Å².